The molecule has 0 aromatic heterocycles. The number of hydrogen-bond acceptors (Lipinski definition) is 2. The van der Waals surface area contributed by atoms with Gasteiger partial charge in [0.2, 0.25) is 0 Å². The molecule has 0 amide bonds. The summed E-state index contributed by atoms with van der Waals surface area (Å²) in [5.41, 5.74) is 1.08. The zero-order valence-corrected chi connectivity index (χ0v) is 12.5. The van der Waals surface area contributed by atoms with Crippen LogP contribution in [-0.4, -0.2) is 16.2 Å². The molecular weight excluding hydrogens is 270 g/mol. The number of benzene rings is 1. The fourth-order valence-electron chi connectivity index (χ4n) is 5.31. The Morgan fingerprint density at radius 3 is 2.35 bits per heavy atom. The van der Waals surface area contributed by atoms with Crippen LogP contribution < -0.4 is 5.32 Å². The number of halogens is 1. The van der Waals surface area contributed by atoms with Gasteiger partial charge in [0, 0.05) is 17.1 Å². The van der Waals surface area contributed by atoms with Crippen LogP contribution in [0, 0.1) is 11.8 Å². The molecule has 2 nitrogen and oxygen atoms in total. The second-order valence-corrected chi connectivity index (χ2v) is 7.88. The first-order chi connectivity index (χ1) is 9.54. The molecule has 5 rings (SSSR count). The molecule has 4 aliphatic rings. The lowest BCUT2D eigenvalue weighted by atomic mass is 9.51. The van der Waals surface area contributed by atoms with Crippen molar-refractivity contribution in [3.8, 4) is 0 Å². The van der Waals surface area contributed by atoms with Gasteiger partial charge in [0.05, 0.1) is 5.60 Å². The van der Waals surface area contributed by atoms with Crippen LogP contribution in [-0.2, 0) is 6.54 Å². The summed E-state index contributed by atoms with van der Waals surface area (Å²) in [7, 11) is 0. The Kier molecular flexibility index (Phi) is 2.93. The summed E-state index contributed by atoms with van der Waals surface area (Å²) in [4.78, 5) is 0. The van der Waals surface area contributed by atoms with Crippen LogP contribution in [0.3, 0.4) is 0 Å². The van der Waals surface area contributed by atoms with E-state index in [1.54, 1.807) is 0 Å². The standard InChI is InChI=1S/C17H22ClNO/c18-15-3-1-12(2-4-15)10-19-16-6-13-5-14(7-16)9-17(20,8-13)11-16/h1-4,13-14,19-20H,5-11H2. The summed E-state index contributed by atoms with van der Waals surface area (Å²) < 4.78 is 0. The summed E-state index contributed by atoms with van der Waals surface area (Å²) in [6.45, 7) is 0.882. The van der Waals surface area contributed by atoms with E-state index < -0.39 is 0 Å². The summed E-state index contributed by atoms with van der Waals surface area (Å²) in [6, 6.07) is 8.08. The van der Waals surface area contributed by atoms with Gasteiger partial charge in [-0.05, 0) is 68.1 Å². The molecule has 4 fully saturated rings. The fourth-order valence-corrected chi connectivity index (χ4v) is 5.44. The van der Waals surface area contributed by atoms with Crippen molar-refractivity contribution in [3.05, 3.63) is 34.9 Å². The highest BCUT2D eigenvalue weighted by atomic mass is 35.5. The molecule has 4 bridgehead atoms. The molecular formula is C17H22ClNO. The van der Waals surface area contributed by atoms with Crippen LogP contribution in [0.5, 0.6) is 0 Å². The highest BCUT2D eigenvalue weighted by molar-refractivity contribution is 6.30. The van der Waals surface area contributed by atoms with Crippen molar-refractivity contribution in [3.63, 3.8) is 0 Å². The molecule has 1 aromatic rings. The Morgan fingerprint density at radius 1 is 1.10 bits per heavy atom. The smallest absolute Gasteiger partial charge is 0.0670 e. The summed E-state index contributed by atoms with van der Waals surface area (Å²) in [5, 5.41) is 15.3. The SMILES string of the molecule is OC12CC3CC(C1)CC(NCc1ccc(Cl)cc1)(C3)C2. The van der Waals surface area contributed by atoms with Gasteiger partial charge < -0.3 is 10.4 Å². The molecule has 1 aromatic carbocycles. The molecule has 3 heteroatoms. The van der Waals surface area contributed by atoms with Gasteiger partial charge >= 0.3 is 0 Å². The minimum atomic E-state index is -0.378. The van der Waals surface area contributed by atoms with Crippen LogP contribution in [0.25, 0.3) is 0 Å². The first-order valence-corrected chi connectivity index (χ1v) is 8.14. The minimum absolute atomic E-state index is 0.179. The van der Waals surface area contributed by atoms with E-state index in [1.165, 1.54) is 24.8 Å². The van der Waals surface area contributed by atoms with Gasteiger partial charge in [-0.3, -0.25) is 0 Å². The molecule has 0 radical (unpaired) electrons. The number of rotatable bonds is 3. The third-order valence-electron chi connectivity index (χ3n) is 5.61. The number of hydrogen-bond donors (Lipinski definition) is 2. The average molecular weight is 292 g/mol. The fraction of sp³-hybridized carbons (Fsp3) is 0.647. The van der Waals surface area contributed by atoms with Gasteiger partial charge in [0.25, 0.3) is 0 Å². The first-order valence-electron chi connectivity index (χ1n) is 7.76. The maximum absolute atomic E-state index is 10.7. The van der Waals surface area contributed by atoms with Crippen LogP contribution in [0.15, 0.2) is 24.3 Å². The van der Waals surface area contributed by atoms with Gasteiger partial charge in [-0.1, -0.05) is 23.7 Å². The second-order valence-electron chi connectivity index (χ2n) is 7.45. The van der Waals surface area contributed by atoms with E-state index in [0.717, 1.165) is 42.7 Å². The van der Waals surface area contributed by atoms with E-state index in [0.29, 0.717) is 0 Å². The van der Waals surface area contributed by atoms with Crippen molar-refractivity contribution in [2.24, 2.45) is 11.8 Å². The normalized spacial score (nSPS) is 42.1. The molecule has 0 saturated heterocycles. The van der Waals surface area contributed by atoms with Gasteiger partial charge in [0.15, 0.2) is 0 Å². The predicted molar refractivity (Wildman–Crippen MR) is 80.7 cm³/mol. The Balaban J connectivity index is 1.49. The average Bonchev–Trinajstić information content (AvgIpc) is 2.35. The number of aliphatic hydroxyl groups is 1. The van der Waals surface area contributed by atoms with Gasteiger partial charge in [-0.25, -0.2) is 0 Å². The molecule has 2 atom stereocenters. The van der Waals surface area contributed by atoms with Crippen LogP contribution in [0.1, 0.15) is 44.1 Å². The summed E-state index contributed by atoms with van der Waals surface area (Å²) in [5.74, 6) is 1.47. The second kappa shape index (κ2) is 4.46. The van der Waals surface area contributed by atoms with Crippen molar-refractivity contribution < 1.29 is 5.11 Å². The van der Waals surface area contributed by atoms with Crippen LogP contribution in [0.2, 0.25) is 5.02 Å². The summed E-state index contributed by atoms with van der Waals surface area (Å²) >= 11 is 5.93. The van der Waals surface area contributed by atoms with E-state index in [2.05, 4.69) is 17.4 Å². The van der Waals surface area contributed by atoms with Crippen molar-refractivity contribution >= 4 is 11.6 Å². The van der Waals surface area contributed by atoms with E-state index in [-0.39, 0.29) is 11.1 Å². The van der Waals surface area contributed by atoms with Crippen LogP contribution >= 0.6 is 11.6 Å². The van der Waals surface area contributed by atoms with E-state index >= 15 is 0 Å². The highest BCUT2D eigenvalue weighted by Gasteiger charge is 2.56. The van der Waals surface area contributed by atoms with Gasteiger partial charge in [-0.2, -0.15) is 0 Å². The van der Waals surface area contributed by atoms with Gasteiger partial charge in [0.1, 0.15) is 0 Å². The zero-order valence-electron chi connectivity index (χ0n) is 11.7. The molecule has 0 aliphatic heterocycles. The van der Waals surface area contributed by atoms with Crippen molar-refractivity contribution in [1.82, 2.24) is 5.32 Å². The largest absolute Gasteiger partial charge is 0.390 e. The third kappa shape index (κ3) is 2.28. The lowest BCUT2D eigenvalue weighted by Gasteiger charge is -2.60. The molecule has 4 aliphatic carbocycles. The maximum atomic E-state index is 10.7. The van der Waals surface area contributed by atoms with E-state index in [4.69, 9.17) is 11.6 Å². The summed E-state index contributed by atoms with van der Waals surface area (Å²) in [6.07, 6.45) is 6.85. The topological polar surface area (TPSA) is 32.3 Å². The predicted octanol–water partition coefficient (Wildman–Crippen LogP) is 3.51. The lowest BCUT2D eigenvalue weighted by Crippen LogP contribution is -2.64. The highest BCUT2D eigenvalue weighted by Crippen LogP contribution is 2.57. The van der Waals surface area contributed by atoms with E-state index in [1.807, 2.05) is 12.1 Å². The number of nitrogens with one attached hydrogen (secondary N) is 1. The van der Waals surface area contributed by atoms with Gasteiger partial charge in [-0.15, -0.1) is 0 Å². The molecule has 4 saturated carbocycles. The maximum Gasteiger partial charge on any atom is 0.0670 e. The Bertz CT molecular complexity index is 498. The molecule has 2 unspecified atom stereocenters. The molecule has 108 valence electrons. The van der Waals surface area contributed by atoms with Crippen molar-refractivity contribution in [1.29, 1.82) is 0 Å². The quantitative estimate of drug-likeness (QED) is 0.893. The Hall–Kier alpha value is -0.570. The van der Waals surface area contributed by atoms with Crippen molar-refractivity contribution in [2.75, 3.05) is 0 Å². The van der Waals surface area contributed by atoms with E-state index in [9.17, 15) is 5.11 Å². The monoisotopic (exact) mass is 291 g/mol. The zero-order chi connectivity index (χ0) is 13.8. The third-order valence-corrected chi connectivity index (χ3v) is 5.86. The van der Waals surface area contributed by atoms with Crippen LogP contribution in [0.4, 0.5) is 0 Å². The first kappa shape index (κ1) is 13.1. The lowest BCUT2D eigenvalue weighted by molar-refractivity contribution is -0.142. The van der Waals surface area contributed by atoms with Crippen molar-refractivity contribution in [2.45, 2.75) is 56.2 Å². The Labute approximate surface area is 125 Å². The molecule has 2 N–H and O–H groups in total. The molecule has 0 spiro atoms. The molecule has 20 heavy (non-hydrogen) atoms. The molecule has 0 heterocycles. The Morgan fingerprint density at radius 2 is 1.75 bits per heavy atom. The minimum Gasteiger partial charge on any atom is -0.390 e.